The van der Waals surface area contributed by atoms with E-state index in [0.29, 0.717) is 5.02 Å². The van der Waals surface area contributed by atoms with Gasteiger partial charge in [-0.2, -0.15) is 0 Å². The quantitative estimate of drug-likeness (QED) is 0.867. The van der Waals surface area contributed by atoms with E-state index >= 15 is 0 Å². The zero-order valence-electron chi connectivity index (χ0n) is 11.3. The molecule has 0 saturated carbocycles. The summed E-state index contributed by atoms with van der Waals surface area (Å²) in [6.07, 6.45) is 0.910. The molecule has 2 N–H and O–H groups in total. The van der Waals surface area contributed by atoms with E-state index in [2.05, 4.69) is 40.2 Å². The Morgan fingerprint density at radius 1 is 1.20 bits per heavy atom. The van der Waals surface area contributed by atoms with Gasteiger partial charge in [0.15, 0.2) is 0 Å². The van der Waals surface area contributed by atoms with E-state index in [9.17, 15) is 0 Å². The maximum absolute atomic E-state index is 6.32. The number of benzene rings is 2. The second-order valence-electron chi connectivity index (χ2n) is 4.63. The van der Waals surface area contributed by atoms with Crippen LogP contribution in [-0.2, 0) is 11.2 Å². The van der Waals surface area contributed by atoms with Gasteiger partial charge in [-0.1, -0.05) is 51.8 Å². The summed E-state index contributed by atoms with van der Waals surface area (Å²) >= 11 is 9.56. The van der Waals surface area contributed by atoms with Crippen LogP contribution >= 0.6 is 27.5 Å². The van der Waals surface area contributed by atoms with E-state index in [0.717, 1.165) is 28.6 Å². The Bertz CT molecular complexity index is 571. The van der Waals surface area contributed by atoms with Crippen LogP contribution in [0.4, 0.5) is 0 Å². The monoisotopic (exact) mass is 353 g/mol. The molecule has 0 fully saturated rings. The van der Waals surface area contributed by atoms with Crippen LogP contribution in [0.25, 0.3) is 0 Å². The van der Waals surface area contributed by atoms with Gasteiger partial charge in [0.25, 0.3) is 0 Å². The van der Waals surface area contributed by atoms with Crippen LogP contribution in [0.2, 0.25) is 5.02 Å². The number of hydrogen-bond donors (Lipinski definition) is 1. The number of methoxy groups -OCH3 is 1. The first-order valence-electron chi connectivity index (χ1n) is 6.40. The molecule has 0 aliphatic heterocycles. The van der Waals surface area contributed by atoms with Gasteiger partial charge in [-0.15, -0.1) is 0 Å². The molecule has 0 bridgehead atoms. The topological polar surface area (TPSA) is 35.2 Å². The Labute approximate surface area is 133 Å². The largest absolute Gasteiger partial charge is 0.384 e. The van der Waals surface area contributed by atoms with Gasteiger partial charge in [-0.05, 0) is 41.3 Å². The third-order valence-corrected chi connectivity index (χ3v) is 4.18. The third-order valence-electron chi connectivity index (χ3n) is 3.23. The minimum atomic E-state index is -0.195. The lowest BCUT2D eigenvalue weighted by Gasteiger charge is -2.15. The average Bonchev–Trinajstić information content (AvgIpc) is 2.47. The first-order valence-corrected chi connectivity index (χ1v) is 7.57. The molecule has 0 aromatic heterocycles. The van der Waals surface area contributed by atoms with Crippen LogP contribution < -0.4 is 5.73 Å². The minimum Gasteiger partial charge on any atom is -0.384 e. The molecular formula is C16H17BrClNO. The van der Waals surface area contributed by atoms with Gasteiger partial charge in [0.2, 0.25) is 0 Å². The second kappa shape index (κ2) is 7.23. The van der Waals surface area contributed by atoms with E-state index in [1.54, 1.807) is 7.11 Å². The molecule has 4 heteroatoms. The number of hydrogen-bond acceptors (Lipinski definition) is 2. The maximum Gasteiger partial charge on any atom is 0.0563 e. The van der Waals surface area contributed by atoms with Crippen LogP contribution in [0, 0.1) is 0 Å². The fourth-order valence-corrected chi connectivity index (χ4v) is 2.72. The van der Waals surface area contributed by atoms with Gasteiger partial charge in [-0.25, -0.2) is 0 Å². The Morgan fingerprint density at radius 2 is 1.90 bits per heavy atom. The molecule has 2 aromatic carbocycles. The average molecular weight is 355 g/mol. The van der Waals surface area contributed by atoms with E-state index in [-0.39, 0.29) is 6.04 Å². The Hall–Kier alpha value is -0.870. The lowest BCUT2D eigenvalue weighted by Crippen LogP contribution is -2.12. The lowest BCUT2D eigenvalue weighted by atomic mass is 9.98. The van der Waals surface area contributed by atoms with Crippen molar-refractivity contribution in [3.05, 3.63) is 68.7 Å². The molecule has 0 spiro atoms. The van der Waals surface area contributed by atoms with Crippen molar-refractivity contribution in [2.24, 2.45) is 5.73 Å². The van der Waals surface area contributed by atoms with Crippen molar-refractivity contribution < 1.29 is 4.74 Å². The number of ether oxygens (including phenoxy) is 1. The second-order valence-corrected chi connectivity index (χ2v) is 5.92. The fraction of sp³-hybridized carbons (Fsp3) is 0.250. The Kier molecular flexibility index (Phi) is 5.61. The first kappa shape index (κ1) is 15.5. The van der Waals surface area contributed by atoms with Gasteiger partial charge in [0, 0.05) is 16.6 Å². The zero-order chi connectivity index (χ0) is 14.5. The van der Waals surface area contributed by atoms with Crippen LogP contribution in [0.5, 0.6) is 0 Å². The maximum atomic E-state index is 6.32. The van der Waals surface area contributed by atoms with Gasteiger partial charge < -0.3 is 10.5 Å². The highest BCUT2D eigenvalue weighted by Gasteiger charge is 2.12. The van der Waals surface area contributed by atoms with Gasteiger partial charge >= 0.3 is 0 Å². The molecule has 0 saturated heterocycles. The van der Waals surface area contributed by atoms with E-state index in [1.807, 2.05) is 18.2 Å². The van der Waals surface area contributed by atoms with E-state index in [4.69, 9.17) is 22.1 Å². The van der Waals surface area contributed by atoms with Crippen LogP contribution in [0.1, 0.15) is 22.7 Å². The summed E-state index contributed by atoms with van der Waals surface area (Å²) in [5.74, 6) is 0. The highest BCUT2D eigenvalue weighted by atomic mass is 79.9. The third kappa shape index (κ3) is 3.83. The van der Waals surface area contributed by atoms with Crippen LogP contribution in [0.15, 0.2) is 46.9 Å². The number of nitrogens with two attached hydrogens (primary N) is 1. The molecule has 20 heavy (non-hydrogen) atoms. The van der Waals surface area contributed by atoms with E-state index in [1.165, 1.54) is 5.56 Å². The van der Waals surface area contributed by atoms with Gasteiger partial charge in [0.05, 0.1) is 12.6 Å². The molecule has 0 aliphatic carbocycles. The van der Waals surface area contributed by atoms with Crippen molar-refractivity contribution in [2.45, 2.75) is 12.5 Å². The summed E-state index contributed by atoms with van der Waals surface area (Å²) in [4.78, 5) is 0. The van der Waals surface area contributed by atoms with Crippen molar-refractivity contribution in [2.75, 3.05) is 13.7 Å². The number of halogens is 2. The first-order chi connectivity index (χ1) is 9.61. The molecule has 0 radical (unpaired) electrons. The summed E-state index contributed by atoms with van der Waals surface area (Å²) in [7, 11) is 1.71. The van der Waals surface area contributed by atoms with Gasteiger partial charge in [0.1, 0.15) is 0 Å². The number of rotatable bonds is 5. The molecule has 0 amide bonds. The molecular weight excluding hydrogens is 338 g/mol. The van der Waals surface area contributed by atoms with Crippen molar-refractivity contribution in [1.29, 1.82) is 0 Å². The molecule has 1 atom stereocenters. The minimum absolute atomic E-state index is 0.195. The summed E-state index contributed by atoms with van der Waals surface area (Å²) in [5, 5.41) is 0.690. The summed E-state index contributed by atoms with van der Waals surface area (Å²) in [6.45, 7) is 0.727. The smallest absolute Gasteiger partial charge is 0.0563 e. The SMILES string of the molecule is COCCc1ccc(C(N)c2cc(Cl)ccc2Br)cc1. The lowest BCUT2D eigenvalue weighted by molar-refractivity contribution is 0.202. The predicted molar refractivity (Wildman–Crippen MR) is 87.2 cm³/mol. The normalized spacial score (nSPS) is 12.4. The van der Waals surface area contributed by atoms with Crippen LogP contribution in [-0.4, -0.2) is 13.7 Å². The van der Waals surface area contributed by atoms with Crippen molar-refractivity contribution >= 4 is 27.5 Å². The Balaban J connectivity index is 2.20. The fourth-order valence-electron chi connectivity index (χ4n) is 2.04. The Morgan fingerprint density at radius 3 is 2.55 bits per heavy atom. The predicted octanol–water partition coefficient (Wildman–Crippen LogP) is 4.34. The van der Waals surface area contributed by atoms with Crippen molar-refractivity contribution in [3.8, 4) is 0 Å². The molecule has 2 nitrogen and oxygen atoms in total. The van der Waals surface area contributed by atoms with Gasteiger partial charge in [-0.3, -0.25) is 0 Å². The molecule has 2 aromatic rings. The van der Waals surface area contributed by atoms with Crippen LogP contribution in [0.3, 0.4) is 0 Å². The standard InChI is InChI=1S/C16H17BrClNO/c1-20-9-8-11-2-4-12(5-3-11)16(19)14-10-13(18)6-7-15(14)17/h2-7,10,16H,8-9,19H2,1H3. The molecule has 0 aliphatic rings. The summed E-state index contributed by atoms with van der Waals surface area (Å²) < 4.78 is 6.05. The molecule has 0 heterocycles. The molecule has 106 valence electrons. The zero-order valence-corrected chi connectivity index (χ0v) is 13.6. The highest BCUT2D eigenvalue weighted by molar-refractivity contribution is 9.10. The summed E-state index contributed by atoms with van der Waals surface area (Å²) in [5.41, 5.74) is 9.62. The highest BCUT2D eigenvalue weighted by Crippen LogP contribution is 2.29. The molecule has 2 rings (SSSR count). The molecule has 1 unspecified atom stereocenters. The van der Waals surface area contributed by atoms with E-state index < -0.39 is 0 Å². The van der Waals surface area contributed by atoms with Crippen molar-refractivity contribution in [3.63, 3.8) is 0 Å². The summed E-state index contributed by atoms with van der Waals surface area (Å²) in [6, 6.07) is 13.8. The van der Waals surface area contributed by atoms with Crippen molar-refractivity contribution in [1.82, 2.24) is 0 Å².